The van der Waals surface area contributed by atoms with Crippen LogP contribution in [-0.4, -0.2) is 22.5 Å². The first-order valence-electron chi connectivity index (χ1n) is 8.75. The lowest BCUT2D eigenvalue weighted by Crippen LogP contribution is -2.26. The minimum atomic E-state index is -0.666. The van der Waals surface area contributed by atoms with Crippen molar-refractivity contribution < 1.29 is 14.0 Å². The molecule has 1 saturated carbocycles. The maximum atomic E-state index is 15.2. The summed E-state index contributed by atoms with van der Waals surface area (Å²) in [4.78, 5) is 25.0. The van der Waals surface area contributed by atoms with Crippen molar-refractivity contribution in [2.24, 2.45) is 5.92 Å². The van der Waals surface area contributed by atoms with Crippen LogP contribution in [0.15, 0.2) is 24.3 Å². The van der Waals surface area contributed by atoms with Gasteiger partial charge in [0.25, 0.3) is 5.91 Å². The van der Waals surface area contributed by atoms with Crippen LogP contribution in [0.4, 0.5) is 15.8 Å². The van der Waals surface area contributed by atoms with Gasteiger partial charge in [0.2, 0.25) is 0 Å². The standard InChI is InChI=1S/C19H17Cl2FN4O2/c1-9-23-15-7-12(19(27)26-28-8-10-2-3-10)17(16(22)18(15)24-9)25-14-5-4-11(20)6-13(14)21/h4-7,10,25H,2-3,8H2,1H3,(H,23,24)(H,26,27). The first-order valence-corrected chi connectivity index (χ1v) is 9.51. The minimum absolute atomic E-state index is 0.0456. The number of hydrogen-bond donors (Lipinski definition) is 3. The number of carbonyl (C=O) groups excluding carboxylic acids is 1. The van der Waals surface area contributed by atoms with Crippen molar-refractivity contribution in [1.82, 2.24) is 15.4 Å². The highest BCUT2D eigenvalue weighted by atomic mass is 35.5. The molecule has 6 nitrogen and oxygen atoms in total. The number of carbonyl (C=O) groups is 1. The molecule has 1 aromatic heterocycles. The predicted molar refractivity (Wildman–Crippen MR) is 107 cm³/mol. The van der Waals surface area contributed by atoms with Crippen LogP contribution in [0.1, 0.15) is 29.0 Å². The van der Waals surface area contributed by atoms with Gasteiger partial charge in [0.1, 0.15) is 11.3 Å². The molecule has 3 N–H and O–H groups in total. The fourth-order valence-electron chi connectivity index (χ4n) is 2.83. The van der Waals surface area contributed by atoms with Crippen molar-refractivity contribution in [3.05, 3.63) is 51.5 Å². The van der Waals surface area contributed by atoms with Gasteiger partial charge in [-0.3, -0.25) is 9.63 Å². The average Bonchev–Trinajstić information content (AvgIpc) is 3.38. The number of aryl methyl sites for hydroxylation is 1. The number of nitrogens with zero attached hydrogens (tertiary/aromatic N) is 1. The van der Waals surface area contributed by atoms with E-state index in [1.54, 1.807) is 19.1 Å². The van der Waals surface area contributed by atoms with Gasteiger partial charge in [-0.25, -0.2) is 14.9 Å². The van der Waals surface area contributed by atoms with Gasteiger partial charge in [0.05, 0.1) is 34.1 Å². The molecule has 4 rings (SSSR count). The number of aromatic nitrogens is 2. The second-order valence-corrected chi connectivity index (χ2v) is 7.61. The number of halogens is 3. The lowest BCUT2D eigenvalue weighted by Gasteiger charge is -2.15. The van der Waals surface area contributed by atoms with E-state index in [1.165, 1.54) is 12.1 Å². The predicted octanol–water partition coefficient (Wildman–Crippen LogP) is 5.13. The molecule has 0 atom stereocenters. The molecule has 2 aromatic carbocycles. The number of nitrogens with one attached hydrogen (secondary N) is 3. The maximum absolute atomic E-state index is 15.2. The second-order valence-electron chi connectivity index (χ2n) is 6.77. The van der Waals surface area contributed by atoms with Gasteiger partial charge in [-0.15, -0.1) is 0 Å². The highest BCUT2D eigenvalue weighted by Gasteiger charge is 2.24. The molecule has 0 spiro atoms. The zero-order chi connectivity index (χ0) is 19.8. The van der Waals surface area contributed by atoms with E-state index in [-0.39, 0.29) is 16.8 Å². The summed E-state index contributed by atoms with van der Waals surface area (Å²) < 4.78 is 15.2. The van der Waals surface area contributed by atoms with E-state index in [0.717, 1.165) is 12.8 Å². The minimum Gasteiger partial charge on any atom is -0.351 e. The molecule has 0 unspecified atom stereocenters. The van der Waals surface area contributed by atoms with E-state index in [1.807, 2.05) is 0 Å². The third-order valence-electron chi connectivity index (χ3n) is 4.45. The summed E-state index contributed by atoms with van der Waals surface area (Å²) in [6.07, 6.45) is 2.18. The van der Waals surface area contributed by atoms with Crippen molar-refractivity contribution in [2.75, 3.05) is 11.9 Å². The number of amides is 1. The highest BCUT2D eigenvalue weighted by Crippen LogP contribution is 2.34. The third kappa shape index (κ3) is 3.92. The molecule has 28 heavy (non-hydrogen) atoms. The van der Waals surface area contributed by atoms with E-state index in [9.17, 15) is 4.79 Å². The van der Waals surface area contributed by atoms with E-state index < -0.39 is 11.7 Å². The first-order chi connectivity index (χ1) is 13.4. The summed E-state index contributed by atoms with van der Waals surface area (Å²) >= 11 is 12.1. The Morgan fingerprint density at radius 3 is 2.86 bits per heavy atom. The fraction of sp³-hybridized carbons (Fsp3) is 0.263. The quantitative estimate of drug-likeness (QED) is 0.480. The number of hydroxylamine groups is 1. The molecule has 1 aliphatic carbocycles. The molecule has 0 saturated heterocycles. The second kappa shape index (κ2) is 7.58. The smallest absolute Gasteiger partial charge is 0.277 e. The van der Waals surface area contributed by atoms with E-state index in [2.05, 4.69) is 20.8 Å². The zero-order valence-electron chi connectivity index (χ0n) is 14.9. The molecular weight excluding hydrogens is 406 g/mol. The third-order valence-corrected chi connectivity index (χ3v) is 5.00. The number of fused-ring (bicyclic) bond motifs is 1. The average molecular weight is 423 g/mol. The zero-order valence-corrected chi connectivity index (χ0v) is 16.4. The Morgan fingerprint density at radius 1 is 1.36 bits per heavy atom. The van der Waals surface area contributed by atoms with E-state index in [0.29, 0.717) is 39.6 Å². The van der Waals surface area contributed by atoms with Gasteiger partial charge < -0.3 is 10.3 Å². The summed E-state index contributed by atoms with van der Waals surface area (Å²) in [6, 6.07) is 6.28. The van der Waals surface area contributed by atoms with E-state index in [4.69, 9.17) is 28.0 Å². The molecule has 146 valence electrons. The van der Waals surface area contributed by atoms with Crippen molar-refractivity contribution in [3.63, 3.8) is 0 Å². The topological polar surface area (TPSA) is 79.0 Å². The largest absolute Gasteiger partial charge is 0.351 e. The lowest BCUT2D eigenvalue weighted by atomic mass is 10.1. The van der Waals surface area contributed by atoms with Crippen molar-refractivity contribution in [2.45, 2.75) is 19.8 Å². The molecule has 1 aliphatic rings. The van der Waals surface area contributed by atoms with Gasteiger partial charge >= 0.3 is 0 Å². The molecule has 9 heteroatoms. The number of anilines is 2. The molecule has 3 aromatic rings. The molecular formula is C19H17Cl2FN4O2. The van der Waals surface area contributed by atoms with Gasteiger partial charge in [-0.05, 0) is 49.9 Å². The van der Waals surface area contributed by atoms with Crippen LogP contribution in [0.3, 0.4) is 0 Å². The molecule has 1 heterocycles. The van der Waals surface area contributed by atoms with Crippen molar-refractivity contribution >= 4 is 51.5 Å². The van der Waals surface area contributed by atoms with Crippen LogP contribution < -0.4 is 10.8 Å². The van der Waals surface area contributed by atoms with Crippen LogP contribution in [0.5, 0.6) is 0 Å². The molecule has 0 bridgehead atoms. The Hall–Kier alpha value is -2.35. The Balaban J connectivity index is 1.72. The van der Waals surface area contributed by atoms with Crippen LogP contribution in [-0.2, 0) is 4.84 Å². The number of imidazole rings is 1. The van der Waals surface area contributed by atoms with Gasteiger partial charge in [-0.1, -0.05) is 23.2 Å². The monoisotopic (exact) mass is 422 g/mol. The van der Waals surface area contributed by atoms with Crippen molar-refractivity contribution in [3.8, 4) is 0 Å². The first kappa shape index (κ1) is 19.0. The number of rotatable bonds is 6. The Bertz CT molecular complexity index is 1070. The van der Waals surface area contributed by atoms with E-state index >= 15 is 4.39 Å². The number of H-pyrrole nitrogens is 1. The Kier molecular flexibility index (Phi) is 5.14. The lowest BCUT2D eigenvalue weighted by molar-refractivity contribution is 0.0271. The number of aromatic amines is 1. The molecule has 0 aliphatic heterocycles. The number of hydrogen-bond acceptors (Lipinski definition) is 4. The van der Waals surface area contributed by atoms with Crippen LogP contribution in [0.25, 0.3) is 11.0 Å². The number of benzene rings is 2. The van der Waals surface area contributed by atoms with Crippen LogP contribution in [0.2, 0.25) is 10.0 Å². The van der Waals surface area contributed by atoms with Crippen LogP contribution >= 0.6 is 23.2 Å². The summed E-state index contributed by atoms with van der Waals surface area (Å²) in [5.41, 5.74) is 3.35. The summed E-state index contributed by atoms with van der Waals surface area (Å²) in [5.74, 6) is -0.228. The normalized spacial score (nSPS) is 13.7. The molecule has 1 fully saturated rings. The summed E-state index contributed by atoms with van der Waals surface area (Å²) in [6.45, 7) is 2.15. The summed E-state index contributed by atoms with van der Waals surface area (Å²) in [5, 5.41) is 3.63. The summed E-state index contributed by atoms with van der Waals surface area (Å²) in [7, 11) is 0. The van der Waals surface area contributed by atoms with Crippen LogP contribution in [0, 0.1) is 18.7 Å². The molecule has 1 amide bonds. The molecule has 0 radical (unpaired) electrons. The van der Waals surface area contributed by atoms with Gasteiger partial charge in [-0.2, -0.15) is 0 Å². The van der Waals surface area contributed by atoms with Gasteiger partial charge in [0, 0.05) is 5.02 Å². The highest BCUT2D eigenvalue weighted by molar-refractivity contribution is 6.36. The maximum Gasteiger partial charge on any atom is 0.277 e. The van der Waals surface area contributed by atoms with Gasteiger partial charge in [0.15, 0.2) is 5.82 Å². The van der Waals surface area contributed by atoms with Crippen molar-refractivity contribution in [1.29, 1.82) is 0 Å². The fourth-order valence-corrected chi connectivity index (χ4v) is 3.28. The Labute approximate surface area is 170 Å². The SMILES string of the molecule is Cc1nc2c(F)c(Nc3ccc(Cl)cc3Cl)c(C(=O)NOCC3CC3)cc2[nH]1. The Morgan fingerprint density at radius 2 is 2.14 bits per heavy atom.